The van der Waals surface area contributed by atoms with Gasteiger partial charge in [0.15, 0.2) is 11.2 Å². The predicted molar refractivity (Wildman–Crippen MR) is 107 cm³/mol. The molecule has 0 N–H and O–H groups in total. The Morgan fingerprint density at radius 2 is 1.89 bits per heavy atom. The molecule has 8 nitrogen and oxygen atoms in total. The zero-order chi connectivity index (χ0) is 20.0. The second-order valence-electron chi connectivity index (χ2n) is 7.60. The largest absolute Gasteiger partial charge is 0.338 e. The molecule has 3 aromatic rings. The van der Waals surface area contributed by atoms with Crippen LogP contribution in [0.4, 0.5) is 5.95 Å². The lowest BCUT2D eigenvalue weighted by atomic mass is 10.1. The first kappa shape index (κ1) is 18.2. The second kappa shape index (κ2) is 6.78. The van der Waals surface area contributed by atoms with Crippen molar-refractivity contribution in [3.8, 4) is 0 Å². The summed E-state index contributed by atoms with van der Waals surface area (Å²) in [5, 5.41) is 0. The van der Waals surface area contributed by atoms with E-state index in [4.69, 9.17) is 0 Å². The summed E-state index contributed by atoms with van der Waals surface area (Å²) in [4.78, 5) is 44.0. The van der Waals surface area contributed by atoms with Gasteiger partial charge in [0.05, 0.1) is 6.54 Å². The summed E-state index contributed by atoms with van der Waals surface area (Å²) < 4.78 is 4.25. The third-order valence-electron chi connectivity index (χ3n) is 5.12. The number of nitrogens with zero attached hydrogens (tertiary/aromatic N) is 5. The van der Waals surface area contributed by atoms with Crippen LogP contribution in [0.15, 0.2) is 39.9 Å². The number of ketones is 1. The number of aromatic nitrogens is 4. The fraction of sp³-hybridized carbons (Fsp3) is 0.400. The van der Waals surface area contributed by atoms with Gasteiger partial charge in [-0.25, -0.2) is 4.79 Å². The standard InChI is InChI=1S/C20H23N5O3/c1-13-9-23(12-15-7-5-4-6-8-15)19-21-17-16(24(19)10-13)18(27)25(11-14(2)26)20(28)22(17)3/h4-8,13H,9-12H2,1-3H3/t13-/m0/s1. The number of rotatable bonds is 4. The molecule has 1 aliphatic heterocycles. The van der Waals surface area contributed by atoms with Crippen LogP contribution in [0.3, 0.4) is 0 Å². The quantitative estimate of drug-likeness (QED) is 0.677. The molecule has 1 atom stereocenters. The zero-order valence-electron chi connectivity index (χ0n) is 16.3. The minimum atomic E-state index is -0.522. The lowest BCUT2D eigenvalue weighted by Crippen LogP contribution is -2.42. The molecule has 0 spiro atoms. The molecule has 4 rings (SSSR count). The van der Waals surface area contributed by atoms with Crippen LogP contribution in [0.2, 0.25) is 0 Å². The highest BCUT2D eigenvalue weighted by Crippen LogP contribution is 2.28. The number of Topliss-reactive ketones (excluding diaryl/α,β-unsaturated/α-hetero) is 1. The Hall–Kier alpha value is -3.16. The zero-order valence-corrected chi connectivity index (χ0v) is 16.3. The van der Waals surface area contributed by atoms with E-state index in [1.165, 1.54) is 11.5 Å². The Bertz CT molecular complexity index is 1170. The second-order valence-corrected chi connectivity index (χ2v) is 7.60. The predicted octanol–water partition coefficient (Wildman–Crippen LogP) is 1.14. The van der Waals surface area contributed by atoms with Gasteiger partial charge >= 0.3 is 5.69 Å². The van der Waals surface area contributed by atoms with E-state index in [1.54, 1.807) is 7.05 Å². The van der Waals surface area contributed by atoms with Crippen molar-refractivity contribution in [3.63, 3.8) is 0 Å². The van der Waals surface area contributed by atoms with E-state index in [-0.39, 0.29) is 12.3 Å². The highest BCUT2D eigenvalue weighted by atomic mass is 16.2. The van der Waals surface area contributed by atoms with Crippen LogP contribution >= 0.6 is 0 Å². The maximum Gasteiger partial charge on any atom is 0.332 e. The summed E-state index contributed by atoms with van der Waals surface area (Å²) in [6.07, 6.45) is 0. The van der Waals surface area contributed by atoms with E-state index in [1.807, 2.05) is 22.8 Å². The summed E-state index contributed by atoms with van der Waals surface area (Å²) in [6, 6.07) is 10.1. The molecule has 0 radical (unpaired) electrons. The molecule has 1 aromatic carbocycles. The molecule has 0 saturated carbocycles. The van der Waals surface area contributed by atoms with Gasteiger partial charge in [0.25, 0.3) is 5.56 Å². The molecule has 2 aromatic heterocycles. The van der Waals surface area contributed by atoms with Crippen LogP contribution in [0.1, 0.15) is 19.4 Å². The third kappa shape index (κ3) is 2.94. The van der Waals surface area contributed by atoms with Crippen LogP contribution < -0.4 is 16.1 Å². The first-order chi connectivity index (χ1) is 13.4. The fourth-order valence-corrected chi connectivity index (χ4v) is 3.90. The summed E-state index contributed by atoms with van der Waals surface area (Å²) in [6.45, 7) is 5.39. The highest BCUT2D eigenvalue weighted by Gasteiger charge is 2.29. The van der Waals surface area contributed by atoms with Crippen molar-refractivity contribution < 1.29 is 4.79 Å². The average Bonchev–Trinajstić information content (AvgIpc) is 3.04. The number of carbonyl (C=O) groups excluding carboxylic acids is 1. The monoisotopic (exact) mass is 381 g/mol. The van der Waals surface area contributed by atoms with E-state index in [0.717, 1.165) is 16.7 Å². The van der Waals surface area contributed by atoms with Gasteiger partial charge < -0.3 is 9.47 Å². The SMILES string of the molecule is CC(=O)Cn1c(=O)c2c(nc3n2C[C@@H](C)CN3Cc2ccccc2)n(C)c1=O. The molecule has 1 aliphatic rings. The van der Waals surface area contributed by atoms with E-state index in [2.05, 4.69) is 28.9 Å². The van der Waals surface area contributed by atoms with Crippen molar-refractivity contribution in [1.29, 1.82) is 0 Å². The topological polar surface area (TPSA) is 82.1 Å². The van der Waals surface area contributed by atoms with Gasteiger partial charge in [0, 0.05) is 26.7 Å². The maximum absolute atomic E-state index is 13.1. The van der Waals surface area contributed by atoms with Crippen LogP contribution in [-0.4, -0.2) is 31.0 Å². The number of hydrogen-bond donors (Lipinski definition) is 0. The van der Waals surface area contributed by atoms with Gasteiger partial charge in [-0.2, -0.15) is 4.98 Å². The molecular formula is C20H23N5O3. The van der Waals surface area contributed by atoms with Crippen molar-refractivity contribution in [2.75, 3.05) is 11.4 Å². The first-order valence-corrected chi connectivity index (χ1v) is 9.35. The molecule has 0 saturated heterocycles. The summed E-state index contributed by atoms with van der Waals surface area (Å²) in [5.41, 5.74) is 0.907. The van der Waals surface area contributed by atoms with Gasteiger partial charge in [-0.05, 0) is 18.4 Å². The van der Waals surface area contributed by atoms with Crippen LogP contribution in [-0.2, 0) is 31.5 Å². The van der Waals surface area contributed by atoms with Crippen LogP contribution in [0.25, 0.3) is 11.2 Å². The van der Waals surface area contributed by atoms with Crippen molar-refractivity contribution >= 4 is 22.9 Å². The molecule has 0 fully saturated rings. The molecule has 8 heteroatoms. The minimum absolute atomic E-state index is 0.231. The van der Waals surface area contributed by atoms with Crippen LogP contribution in [0.5, 0.6) is 0 Å². The number of imidazole rings is 1. The van der Waals surface area contributed by atoms with E-state index in [0.29, 0.717) is 36.1 Å². The molecule has 3 heterocycles. The first-order valence-electron chi connectivity index (χ1n) is 9.35. The van der Waals surface area contributed by atoms with E-state index >= 15 is 0 Å². The fourth-order valence-electron chi connectivity index (χ4n) is 3.90. The number of benzene rings is 1. The van der Waals surface area contributed by atoms with Crippen molar-refractivity contribution in [2.24, 2.45) is 13.0 Å². The number of hydrogen-bond acceptors (Lipinski definition) is 5. The molecule has 0 amide bonds. The Balaban J connectivity index is 1.92. The Morgan fingerprint density at radius 1 is 1.18 bits per heavy atom. The van der Waals surface area contributed by atoms with Gasteiger partial charge in [0.1, 0.15) is 5.78 Å². The highest BCUT2D eigenvalue weighted by molar-refractivity contribution is 5.77. The van der Waals surface area contributed by atoms with E-state index in [9.17, 15) is 14.4 Å². The van der Waals surface area contributed by atoms with E-state index < -0.39 is 11.2 Å². The van der Waals surface area contributed by atoms with Crippen molar-refractivity contribution in [2.45, 2.75) is 33.5 Å². The van der Waals surface area contributed by atoms with Crippen molar-refractivity contribution in [1.82, 2.24) is 18.7 Å². The Kier molecular flexibility index (Phi) is 4.41. The number of anilines is 1. The number of carbonyl (C=O) groups is 1. The summed E-state index contributed by atoms with van der Waals surface area (Å²) >= 11 is 0. The maximum atomic E-state index is 13.1. The smallest absolute Gasteiger partial charge is 0.332 e. The van der Waals surface area contributed by atoms with Crippen LogP contribution in [0, 0.1) is 5.92 Å². The minimum Gasteiger partial charge on any atom is -0.338 e. The molecule has 0 unspecified atom stereocenters. The third-order valence-corrected chi connectivity index (χ3v) is 5.12. The average molecular weight is 381 g/mol. The Morgan fingerprint density at radius 3 is 2.57 bits per heavy atom. The lowest BCUT2D eigenvalue weighted by molar-refractivity contribution is -0.117. The van der Waals surface area contributed by atoms with Gasteiger partial charge in [-0.15, -0.1) is 0 Å². The molecule has 146 valence electrons. The Labute approximate surface area is 161 Å². The molecule has 0 aliphatic carbocycles. The molecule has 0 bridgehead atoms. The number of aryl methyl sites for hydroxylation is 1. The molecular weight excluding hydrogens is 358 g/mol. The summed E-state index contributed by atoms with van der Waals surface area (Å²) in [5.74, 6) is 0.757. The summed E-state index contributed by atoms with van der Waals surface area (Å²) in [7, 11) is 1.59. The molecule has 28 heavy (non-hydrogen) atoms. The van der Waals surface area contributed by atoms with Gasteiger partial charge in [-0.3, -0.25) is 18.7 Å². The number of fused-ring (bicyclic) bond motifs is 3. The lowest BCUT2D eigenvalue weighted by Gasteiger charge is -2.33. The normalized spacial score (nSPS) is 16.4. The van der Waals surface area contributed by atoms with Crippen molar-refractivity contribution in [3.05, 3.63) is 56.7 Å². The van der Waals surface area contributed by atoms with Gasteiger partial charge in [-0.1, -0.05) is 37.3 Å². The van der Waals surface area contributed by atoms with Gasteiger partial charge in [0.2, 0.25) is 5.95 Å².